The van der Waals surface area contributed by atoms with Gasteiger partial charge in [0.2, 0.25) is 5.88 Å². The summed E-state index contributed by atoms with van der Waals surface area (Å²) < 4.78 is 5.10. The Morgan fingerprint density at radius 2 is 2.15 bits per heavy atom. The van der Waals surface area contributed by atoms with Crippen LogP contribution >= 0.6 is 24.0 Å². The van der Waals surface area contributed by atoms with Crippen LogP contribution in [0.5, 0.6) is 5.88 Å². The molecule has 0 spiro atoms. The minimum Gasteiger partial charge on any atom is -0.481 e. The third kappa shape index (κ3) is 6.93. The van der Waals surface area contributed by atoms with Gasteiger partial charge in [-0.15, -0.1) is 24.0 Å². The molecule has 5 nitrogen and oxygen atoms in total. The highest BCUT2D eigenvalue weighted by molar-refractivity contribution is 14.0. The molecule has 0 amide bonds. The van der Waals surface area contributed by atoms with Crippen LogP contribution in [-0.4, -0.2) is 30.6 Å². The molecule has 0 fully saturated rings. The Morgan fingerprint density at radius 1 is 1.40 bits per heavy atom. The predicted molar refractivity (Wildman–Crippen MR) is 93.9 cm³/mol. The molecule has 0 aliphatic carbocycles. The maximum Gasteiger partial charge on any atom is 0.213 e. The van der Waals surface area contributed by atoms with E-state index in [1.807, 2.05) is 18.2 Å². The first kappa shape index (κ1) is 18.9. The van der Waals surface area contributed by atoms with Crippen LogP contribution < -0.4 is 15.4 Å². The molecule has 2 N–H and O–H groups in total. The highest BCUT2D eigenvalue weighted by Crippen LogP contribution is 2.07. The summed E-state index contributed by atoms with van der Waals surface area (Å²) in [4.78, 5) is 8.86. The van der Waals surface area contributed by atoms with Crippen molar-refractivity contribution in [3.8, 4) is 5.88 Å². The van der Waals surface area contributed by atoms with Crippen molar-refractivity contribution in [1.82, 2.24) is 15.6 Å². The van der Waals surface area contributed by atoms with Crippen LogP contribution in [0.3, 0.4) is 0 Å². The average molecular weight is 392 g/mol. The lowest BCUT2D eigenvalue weighted by atomic mass is 10.3. The van der Waals surface area contributed by atoms with Crippen molar-refractivity contribution in [2.75, 3.05) is 13.7 Å². The number of aromatic nitrogens is 1. The molecule has 0 saturated carbocycles. The van der Waals surface area contributed by atoms with Crippen LogP contribution in [-0.2, 0) is 6.54 Å². The fraction of sp³-hybridized carbons (Fsp3) is 0.571. The van der Waals surface area contributed by atoms with E-state index in [1.165, 1.54) is 0 Å². The monoisotopic (exact) mass is 392 g/mol. The zero-order chi connectivity index (χ0) is 14.1. The molecule has 1 atom stereocenters. The maximum atomic E-state index is 5.10. The van der Waals surface area contributed by atoms with Crippen molar-refractivity contribution in [2.24, 2.45) is 4.99 Å². The van der Waals surface area contributed by atoms with E-state index in [0.29, 0.717) is 18.5 Å². The molecule has 0 aliphatic rings. The topological polar surface area (TPSA) is 58.5 Å². The molecule has 0 saturated heterocycles. The summed E-state index contributed by atoms with van der Waals surface area (Å²) in [6.07, 6.45) is 1.06. The van der Waals surface area contributed by atoms with Gasteiger partial charge >= 0.3 is 0 Å². The SMILES string of the molecule is CCNC(=NCc1cccc(OC)n1)NC(C)CC.I. The van der Waals surface area contributed by atoms with Gasteiger partial charge in [0.15, 0.2) is 5.96 Å². The number of guanidine groups is 1. The van der Waals surface area contributed by atoms with E-state index in [0.717, 1.165) is 24.6 Å². The second-order valence-corrected chi connectivity index (χ2v) is 4.32. The smallest absolute Gasteiger partial charge is 0.213 e. The summed E-state index contributed by atoms with van der Waals surface area (Å²) in [5, 5.41) is 6.57. The molecule has 1 aromatic heterocycles. The van der Waals surface area contributed by atoms with Crippen molar-refractivity contribution < 1.29 is 4.74 Å². The molecular weight excluding hydrogens is 367 g/mol. The zero-order valence-corrected chi connectivity index (χ0v) is 15.0. The third-order valence-corrected chi connectivity index (χ3v) is 2.73. The maximum absolute atomic E-state index is 5.10. The van der Waals surface area contributed by atoms with Crippen LogP contribution in [0.4, 0.5) is 0 Å². The van der Waals surface area contributed by atoms with Crippen LogP contribution in [0.2, 0.25) is 0 Å². The molecule has 1 heterocycles. The van der Waals surface area contributed by atoms with E-state index >= 15 is 0 Å². The minimum atomic E-state index is 0. The number of hydrogen-bond acceptors (Lipinski definition) is 3. The normalized spacial score (nSPS) is 12.3. The number of pyridine rings is 1. The Morgan fingerprint density at radius 3 is 2.75 bits per heavy atom. The Hall–Kier alpha value is -1.05. The molecule has 6 heteroatoms. The summed E-state index contributed by atoms with van der Waals surface area (Å²) in [6.45, 7) is 7.70. The number of rotatable bonds is 6. The van der Waals surface area contributed by atoms with Gasteiger partial charge in [0.1, 0.15) is 0 Å². The molecule has 0 aromatic carbocycles. The van der Waals surface area contributed by atoms with Gasteiger partial charge in [-0.2, -0.15) is 0 Å². The van der Waals surface area contributed by atoms with Crippen LogP contribution in [0.1, 0.15) is 32.9 Å². The lowest BCUT2D eigenvalue weighted by Gasteiger charge is -2.16. The summed E-state index contributed by atoms with van der Waals surface area (Å²) in [5.74, 6) is 1.44. The molecule has 1 rings (SSSR count). The molecule has 114 valence electrons. The van der Waals surface area contributed by atoms with E-state index in [4.69, 9.17) is 4.74 Å². The van der Waals surface area contributed by atoms with E-state index in [1.54, 1.807) is 7.11 Å². The molecule has 1 aromatic rings. The highest BCUT2D eigenvalue weighted by Gasteiger charge is 2.03. The first-order valence-electron chi connectivity index (χ1n) is 6.74. The van der Waals surface area contributed by atoms with Gasteiger partial charge in [0.05, 0.1) is 19.3 Å². The molecule has 0 aliphatic heterocycles. The van der Waals surface area contributed by atoms with Crippen LogP contribution in [0, 0.1) is 0 Å². The number of methoxy groups -OCH3 is 1. The number of nitrogens with zero attached hydrogens (tertiary/aromatic N) is 2. The number of halogens is 1. The third-order valence-electron chi connectivity index (χ3n) is 2.73. The first-order valence-corrected chi connectivity index (χ1v) is 6.74. The Balaban J connectivity index is 0.00000361. The first-order chi connectivity index (χ1) is 9.19. The van der Waals surface area contributed by atoms with Crippen molar-refractivity contribution >= 4 is 29.9 Å². The van der Waals surface area contributed by atoms with E-state index in [-0.39, 0.29) is 24.0 Å². The molecule has 0 bridgehead atoms. The average Bonchev–Trinajstić information content (AvgIpc) is 2.45. The fourth-order valence-corrected chi connectivity index (χ4v) is 1.47. The van der Waals surface area contributed by atoms with Crippen LogP contribution in [0.15, 0.2) is 23.2 Å². The van der Waals surface area contributed by atoms with E-state index < -0.39 is 0 Å². The second kappa shape index (κ2) is 10.7. The number of aliphatic imine (C=N–C) groups is 1. The van der Waals surface area contributed by atoms with Gasteiger partial charge in [-0.05, 0) is 26.3 Å². The van der Waals surface area contributed by atoms with Crippen LogP contribution in [0.25, 0.3) is 0 Å². The van der Waals surface area contributed by atoms with Gasteiger partial charge in [0.25, 0.3) is 0 Å². The predicted octanol–water partition coefficient (Wildman–Crippen LogP) is 2.56. The van der Waals surface area contributed by atoms with E-state index in [9.17, 15) is 0 Å². The minimum absolute atomic E-state index is 0. The number of nitrogens with one attached hydrogen (secondary N) is 2. The van der Waals surface area contributed by atoms with Gasteiger partial charge in [-0.1, -0.05) is 13.0 Å². The number of ether oxygens (including phenoxy) is 1. The Bertz CT molecular complexity index is 412. The quantitative estimate of drug-likeness (QED) is 0.444. The van der Waals surface area contributed by atoms with Crippen molar-refractivity contribution in [3.05, 3.63) is 23.9 Å². The molecule has 1 unspecified atom stereocenters. The van der Waals surface area contributed by atoms with Crippen molar-refractivity contribution in [1.29, 1.82) is 0 Å². The summed E-state index contributed by atoms with van der Waals surface area (Å²) in [7, 11) is 1.62. The van der Waals surface area contributed by atoms with Crippen molar-refractivity contribution in [2.45, 2.75) is 39.8 Å². The second-order valence-electron chi connectivity index (χ2n) is 4.32. The molecule has 0 radical (unpaired) electrons. The van der Waals surface area contributed by atoms with Gasteiger partial charge in [-0.25, -0.2) is 9.98 Å². The standard InChI is InChI=1S/C14H24N4O.HI/c1-5-11(3)17-14(15-6-2)16-10-12-8-7-9-13(18-12)19-4;/h7-9,11H,5-6,10H2,1-4H3,(H2,15,16,17);1H. The highest BCUT2D eigenvalue weighted by atomic mass is 127. The summed E-state index contributed by atoms with van der Waals surface area (Å²) >= 11 is 0. The van der Waals surface area contributed by atoms with Gasteiger partial charge in [0, 0.05) is 18.7 Å². The Labute approximate surface area is 138 Å². The van der Waals surface area contributed by atoms with Gasteiger partial charge < -0.3 is 15.4 Å². The fourth-order valence-electron chi connectivity index (χ4n) is 1.47. The van der Waals surface area contributed by atoms with E-state index in [2.05, 4.69) is 41.4 Å². The largest absolute Gasteiger partial charge is 0.481 e. The summed E-state index contributed by atoms with van der Waals surface area (Å²) in [6, 6.07) is 6.09. The van der Waals surface area contributed by atoms with Gasteiger partial charge in [-0.3, -0.25) is 0 Å². The molecule has 20 heavy (non-hydrogen) atoms. The lowest BCUT2D eigenvalue weighted by Crippen LogP contribution is -2.41. The van der Waals surface area contributed by atoms with Crippen molar-refractivity contribution in [3.63, 3.8) is 0 Å². The number of hydrogen-bond donors (Lipinski definition) is 2. The Kier molecular flexibility index (Phi) is 10.1. The zero-order valence-electron chi connectivity index (χ0n) is 12.6. The summed E-state index contributed by atoms with van der Waals surface area (Å²) in [5.41, 5.74) is 0.890. The molecular formula is C14H25IN4O. The lowest BCUT2D eigenvalue weighted by molar-refractivity contribution is 0.396.